The summed E-state index contributed by atoms with van der Waals surface area (Å²) >= 11 is 0. The van der Waals surface area contributed by atoms with E-state index in [1.807, 2.05) is 0 Å². The quantitative estimate of drug-likeness (QED) is 0.753. The Labute approximate surface area is 100.0 Å². The van der Waals surface area contributed by atoms with E-state index in [0.717, 1.165) is 12.1 Å². The lowest BCUT2D eigenvalue weighted by Gasteiger charge is -2.25. The third kappa shape index (κ3) is 3.44. The van der Waals surface area contributed by atoms with Gasteiger partial charge in [0.15, 0.2) is 0 Å². The highest BCUT2D eigenvalue weighted by Gasteiger charge is 2.23. The molecule has 0 aliphatic carbocycles. The van der Waals surface area contributed by atoms with Gasteiger partial charge in [0.1, 0.15) is 0 Å². The summed E-state index contributed by atoms with van der Waals surface area (Å²) in [5, 5.41) is 7.26. The number of likely N-dealkylation sites (tertiary alicyclic amines) is 1. The van der Waals surface area contributed by atoms with Gasteiger partial charge in [-0.05, 0) is 58.3 Å². The van der Waals surface area contributed by atoms with Crippen molar-refractivity contribution in [3.8, 4) is 0 Å². The highest BCUT2D eigenvalue weighted by molar-refractivity contribution is 4.82. The van der Waals surface area contributed by atoms with Crippen LogP contribution < -0.4 is 10.6 Å². The number of hydrogen-bond acceptors (Lipinski definition) is 3. The molecule has 2 aliphatic heterocycles. The summed E-state index contributed by atoms with van der Waals surface area (Å²) in [6, 6.07) is 1.57. The van der Waals surface area contributed by atoms with Crippen LogP contribution in [-0.2, 0) is 0 Å². The second-order valence-corrected chi connectivity index (χ2v) is 5.21. The van der Waals surface area contributed by atoms with Gasteiger partial charge in [-0.3, -0.25) is 4.90 Å². The van der Waals surface area contributed by atoms with Crippen LogP contribution in [0.3, 0.4) is 0 Å². The molecule has 0 aromatic heterocycles. The molecule has 94 valence electrons. The number of nitrogens with one attached hydrogen (secondary N) is 2. The van der Waals surface area contributed by atoms with E-state index in [4.69, 9.17) is 0 Å². The van der Waals surface area contributed by atoms with Crippen LogP contribution in [0.1, 0.15) is 39.0 Å². The minimum Gasteiger partial charge on any atom is -0.317 e. The van der Waals surface area contributed by atoms with Gasteiger partial charge in [0.2, 0.25) is 0 Å². The van der Waals surface area contributed by atoms with Crippen molar-refractivity contribution in [3.05, 3.63) is 0 Å². The predicted octanol–water partition coefficient (Wildman–Crippen LogP) is 1.20. The van der Waals surface area contributed by atoms with Crippen LogP contribution in [0.25, 0.3) is 0 Å². The van der Waals surface area contributed by atoms with E-state index in [0.29, 0.717) is 0 Å². The minimum atomic E-state index is 0.759. The fraction of sp³-hybridized carbons (Fsp3) is 1.00. The molecule has 0 spiro atoms. The summed E-state index contributed by atoms with van der Waals surface area (Å²) < 4.78 is 0. The molecule has 2 aliphatic rings. The van der Waals surface area contributed by atoms with Crippen LogP contribution in [0.15, 0.2) is 0 Å². The Morgan fingerprint density at radius 1 is 1.19 bits per heavy atom. The molecule has 0 aromatic carbocycles. The maximum Gasteiger partial charge on any atom is 0.0221 e. The first-order valence-corrected chi connectivity index (χ1v) is 7.08. The van der Waals surface area contributed by atoms with Gasteiger partial charge < -0.3 is 10.6 Å². The monoisotopic (exact) mass is 225 g/mol. The predicted molar refractivity (Wildman–Crippen MR) is 68.8 cm³/mol. The van der Waals surface area contributed by atoms with Gasteiger partial charge >= 0.3 is 0 Å². The standard InChI is InChI=1S/C13H27N3/c1-2-16-10-4-6-13(16)11-15-12-5-3-8-14-9-7-12/h12-15H,2-11H2,1H3. The maximum absolute atomic E-state index is 3.79. The van der Waals surface area contributed by atoms with Crippen molar-refractivity contribution in [1.82, 2.24) is 15.5 Å². The molecule has 2 rings (SSSR count). The van der Waals surface area contributed by atoms with Gasteiger partial charge in [0.25, 0.3) is 0 Å². The largest absolute Gasteiger partial charge is 0.317 e. The van der Waals surface area contributed by atoms with Crippen LogP contribution in [0, 0.1) is 0 Å². The molecule has 0 amide bonds. The minimum absolute atomic E-state index is 0.759. The fourth-order valence-corrected chi connectivity index (χ4v) is 3.07. The average molecular weight is 225 g/mol. The summed E-state index contributed by atoms with van der Waals surface area (Å²) in [5.41, 5.74) is 0. The van der Waals surface area contributed by atoms with E-state index in [1.165, 1.54) is 64.8 Å². The van der Waals surface area contributed by atoms with Gasteiger partial charge in [0, 0.05) is 18.6 Å². The molecule has 2 fully saturated rings. The van der Waals surface area contributed by atoms with Gasteiger partial charge in [-0.2, -0.15) is 0 Å². The fourth-order valence-electron chi connectivity index (χ4n) is 3.07. The van der Waals surface area contributed by atoms with E-state index < -0.39 is 0 Å². The van der Waals surface area contributed by atoms with E-state index in [1.54, 1.807) is 0 Å². The Hall–Kier alpha value is -0.120. The third-order valence-corrected chi connectivity index (χ3v) is 4.12. The highest BCUT2D eigenvalue weighted by atomic mass is 15.2. The van der Waals surface area contributed by atoms with Crippen molar-refractivity contribution >= 4 is 0 Å². The molecule has 0 aromatic rings. The Bertz CT molecular complexity index is 188. The molecule has 16 heavy (non-hydrogen) atoms. The van der Waals surface area contributed by atoms with Crippen LogP contribution in [0.2, 0.25) is 0 Å². The number of likely N-dealkylation sites (N-methyl/N-ethyl adjacent to an activating group) is 1. The van der Waals surface area contributed by atoms with E-state index in [-0.39, 0.29) is 0 Å². The first-order chi connectivity index (χ1) is 7.90. The number of nitrogens with zero attached hydrogens (tertiary/aromatic N) is 1. The van der Waals surface area contributed by atoms with Crippen LogP contribution in [-0.4, -0.2) is 49.7 Å². The number of hydrogen-bond donors (Lipinski definition) is 2. The van der Waals surface area contributed by atoms with Crippen molar-refractivity contribution < 1.29 is 0 Å². The molecule has 0 saturated carbocycles. The van der Waals surface area contributed by atoms with E-state index >= 15 is 0 Å². The van der Waals surface area contributed by atoms with E-state index in [2.05, 4.69) is 22.5 Å². The lowest BCUT2D eigenvalue weighted by molar-refractivity contribution is 0.251. The van der Waals surface area contributed by atoms with Gasteiger partial charge in [-0.25, -0.2) is 0 Å². The van der Waals surface area contributed by atoms with Crippen molar-refractivity contribution in [3.63, 3.8) is 0 Å². The van der Waals surface area contributed by atoms with Gasteiger partial charge in [0.05, 0.1) is 0 Å². The Morgan fingerprint density at radius 2 is 2.12 bits per heavy atom. The average Bonchev–Trinajstić information content (AvgIpc) is 2.60. The molecule has 2 heterocycles. The lowest BCUT2D eigenvalue weighted by Crippen LogP contribution is -2.42. The first kappa shape index (κ1) is 12.3. The molecule has 2 saturated heterocycles. The van der Waals surface area contributed by atoms with E-state index in [9.17, 15) is 0 Å². The van der Waals surface area contributed by atoms with Crippen molar-refractivity contribution in [2.24, 2.45) is 0 Å². The lowest BCUT2D eigenvalue weighted by atomic mass is 10.1. The molecule has 3 nitrogen and oxygen atoms in total. The summed E-state index contributed by atoms with van der Waals surface area (Å²) in [7, 11) is 0. The van der Waals surface area contributed by atoms with Crippen LogP contribution in [0.5, 0.6) is 0 Å². The van der Waals surface area contributed by atoms with Crippen LogP contribution in [0.4, 0.5) is 0 Å². The Kier molecular flexibility index (Phi) is 5.07. The summed E-state index contributed by atoms with van der Waals surface area (Å²) in [6.07, 6.45) is 6.78. The zero-order valence-electron chi connectivity index (χ0n) is 10.7. The summed E-state index contributed by atoms with van der Waals surface area (Å²) in [6.45, 7) is 8.43. The van der Waals surface area contributed by atoms with Gasteiger partial charge in [-0.15, -0.1) is 0 Å². The zero-order valence-corrected chi connectivity index (χ0v) is 10.7. The second-order valence-electron chi connectivity index (χ2n) is 5.21. The smallest absolute Gasteiger partial charge is 0.0221 e. The number of rotatable bonds is 4. The second kappa shape index (κ2) is 6.58. The molecule has 2 N–H and O–H groups in total. The highest BCUT2D eigenvalue weighted by Crippen LogP contribution is 2.16. The maximum atomic E-state index is 3.79. The Balaban J connectivity index is 1.69. The van der Waals surface area contributed by atoms with Crippen molar-refractivity contribution in [1.29, 1.82) is 0 Å². The molecule has 3 heteroatoms. The summed E-state index contributed by atoms with van der Waals surface area (Å²) in [4.78, 5) is 2.63. The topological polar surface area (TPSA) is 27.3 Å². The van der Waals surface area contributed by atoms with Crippen LogP contribution >= 0.6 is 0 Å². The molecule has 0 bridgehead atoms. The Morgan fingerprint density at radius 3 is 3.00 bits per heavy atom. The third-order valence-electron chi connectivity index (χ3n) is 4.12. The van der Waals surface area contributed by atoms with Crippen molar-refractivity contribution in [2.75, 3.05) is 32.7 Å². The van der Waals surface area contributed by atoms with Crippen molar-refractivity contribution in [2.45, 2.75) is 51.1 Å². The summed E-state index contributed by atoms with van der Waals surface area (Å²) in [5.74, 6) is 0. The van der Waals surface area contributed by atoms with Gasteiger partial charge in [-0.1, -0.05) is 6.92 Å². The first-order valence-electron chi connectivity index (χ1n) is 7.08. The molecular formula is C13H27N3. The molecule has 2 atom stereocenters. The normalized spacial score (nSPS) is 32.8. The molecular weight excluding hydrogens is 198 g/mol. The SMILES string of the molecule is CCN1CCCC1CNC1CCCNCC1. The molecule has 2 unspecified atom stereocenters. The molecule has 0 radical (unpaired) electrons. The zero-order chi connectivity index (χ0) is 11.2.